The van der Waals surface area contributed by atoms with Crippen LogP contribution in [0.4, 0.5) is 9.59 Å². The van der Waals surface area contributed by atoms with E-state index in [9.17, 15) is 19.5 Å². The van der Waals surface area contributed by atoms with Gasteiger partial charge in [-0.25, -0.2) is 14.4 Å². The van der Waals surface area contributed by atoms with E-state index in [0.717, 1.165) is 11.1 Å². The second kappa shape index (κ2) is 15.1. The standard InChI is InChI=1S/C21H21NO6.C14H17NO5/c1-25-20-17-18(28-19(23)15-10-6-3-7-11-15)16(27-20)12-22(17)21(24)26-13-14-8-4-2-5-9-14;1-18-13-11-12(16)10(20-13)7-15(11)14(17)19-8-9-5-3-2-4-6-9/h2-11,16-18,20H,12-13H2,1H3;2-6,10-13,16H,7-8H2,1H3/t16-,17+,18+,20+;10-,11+,12+,13+/m11/s1. The van der Waals surface area contributed by atoms with Gasteiger partial charge in [0.2, 0.25) is 0 Å². The number of aliphatic hydroxyl groups excluding tert-OH is 1. The van der Waals surface area contributed by atoms with Gasteiger partial charge >= 0.3 is 18.2 Å². The van der Waals surface area contributed by atoms with Gasteiger partial charge in [0.25, 0.3) is 0 Å². The van der Waals surface area contributed by atoms with Crippen molar-refractivity contribution < 1.29 is 52.6 Å². The first-order valence-corrected chi connectivity index (χ1v) is 15.6. The van der Waals surface area contributed by atoms with Crippen LogP contribution in [-0.4, -0.2) is 109 Å². The number of methoxy groups -OCH3 is 2. The topological polar surface area (TPSA) is 143 Å². The zero-order valence-electron chi connectivity index (χ0n) is 26.5. The summed E-state index contributed by atoms with van der Waals surface area (Å²) in [6.07, 6.45) is -4.37. The molecule has 0 aromatic heterocycles. The van der Waals surface area contributed by atoms with Gasteiger partial charge in [0.15, 0.2) is 18.7 Å². The van der Waals surface area contributed by atoms with Crippen molar-refractivity contribution >= 4 is 18.2 Å². The minimum atomic E-state index is -0.718. The molecule has 4 fully saturated rings. The molecule has 0 aliphatic carbocycles. The van der Waals surface area contributed by atoms with Crippen LogP contribution in [0.1, 0.15) is 21.5 Å². The maximum atomic E-state index is 12.6. The summed E-state index contributed by atoms with van der Waals surface area (Å²) >= 11 is 0. The Kier molecular flexibility index (Phi) is 10.5. The molecule has 3 aromatic rings. The normalized spacial score (nSPS) is 28.1. The molecule has 4 saturated heterocycles. The summed E-state index contributed by atoms with van der Waals surface area (Å²) < 4.78 is 38.0. The monoisotopic (exact) mass is 662 g/mol. The third-order valence-corrected chi connectivity index (χ3v) is 8.68. The molecule has 8 atom stereocenters. The van der Waals surface area contributed by atoms with E-state index in [1.807, 2.05) is 66.7 Å². The summed E-state index contributed by atoms with van der Waals surface area (Å²) in [5.41, 5.74) is 2.26. The fourth-order valence-electron chi connectivity index (χ4n) is 6.30. The van der Waals surface area contributed by atoms with Gasteiger partial charge in [0, 0.05) is 14.2 Å². The zero-order chi connectivity index (χ0) is 33.6. The number of carbonyl (C=O) groups excluding carboxylic acids is 3. The van der Waals surface area contributed by atoms with Gasteiger partial charge in [-0.1, -0.05) is 78.9 Å². The molecule has 7 rings (SSSR count). The van der Waals surface area contributed by atoms with E-state index in [1.165, 1.54) is 24.0 Å². The van der Waals surface area contributed by atoms with E-state index in [-0.39, 0.29) is 19.8 Å². The maximum absolute atomic E-state index is 12.6. The SMILES string of the molecule is CO[C@H]1O[C@@H]2CN(C(=O)OCc3ccccc3)[C@H]1[C@H]2O.CO[C@H]1O[C@@H]2CN(C(=O)OCc3ccccc3)[C@H]1[C@H]2OC(=O)c1ccccc1. The molecule has 13 nitrogen and oxygen atoms in total. The van der Waals surface area contributed by atoms with E-state index >= 15 is 0 Å². The minimum Gasteiger partial charge on any atom is -0.454 e. The van der Waals surface area contributed by atoms with Crippen LogP contribution < -0.4 is 0 Å². The lowest BCUT2D eigenvalue weighted by Gasteiger charge is -2.30. The number of esters is 1. The average molecular weight is 663 g/mol. The highest BCUT2D eigenvalue weighted by atomic mass is 16.7. The van der Waals surface area contributed by atoms with Crippen LogP contribution in [0.2, 0.25) is 0 Å². The fraction of sp³-hybridized carbons (Fsp3) is 0.400. The summed E-state index contributed by atoms with van der Waals surface area (Å²) in [6, 6.07) is 26.6. The summed E-state index contributed by atoms with van der Waals surface area (Å²) in [6.45, 7) is 0.993. The molecule has 4 aliphatic rings. The number of aliphatic hydroxyl groups is 1. The molecule has 0 spiro atoms. The number of ether oxygens (including phenoxy) is 7. The van der Waals surface area contributed by atoms with Gasteiger partial charge in [-0.2, -0.15) is 0 Å². The van der Waals surface area contributed by atoms with Crippen molar-refractivity contribution in [2.75, 3.05) is 27.3 Å². The van der Waals surface area contributed by atoms with Crippen molar-refractivity contribution in [3.05, 3.63) is 108 Å². The number of fused-ring (bicyclic) bond motifs is 4. The average Bonchev–Trinajstić information content (AvgIpc) is 3.86. The molecule has 4 aliphatic heterocycles. The molecule has 0 radical (unpaired) electrons. The Hall–Kier alpha value is -4.53. The van der Waals surface area contributed by atoms with Crippen molar-refractivity contribution in [3.63, 3.8) is 0 Å². The van der Waals surface area contributed by atoms with E-state index in [0.29, 0.717) is 12.1 Å². The second-order valence-corrected chi connectivity index (χ2v) is 11.7. The molecule has 0 saturated carbocycles. The Morgan fingerprint density at radius 2 is 1.15 bits per heavy atom. The van der Waals surface area contributed by atoms with Crippen molar-refractivity contribution in [1.29, 1.82) is 0 Å². The van der Waals surface area contributed by atoms with Gasteiger partial charge in [-0.05, 0) is 23.3 Å². The Balaban J connectivity index is 0.000000177. The zero-order valence-corrected chi connectivity index (χ0v) is 26.5. The van der Waals surface area contributed by atoms with Gasteiger partial charge < -0.3 is 38.3 Å². The molecule has 2 amide bonds. The molecule has 13 heteroatoms. The first-order valence-electron chi connectivity index (χ1n) is 15.6. The van der Waals surface area contributed by atoms with E-state index in [1.54, 1.807) is 24.3 Å². The Labute approximate surface area is 277 Å². The molecule has 254 valence electrons. The molecule has 4 heterocycles. The molecular formula is C35H38N2O11. The summed E-state index contributed by atoms with van der Waals surface area (Å²) in [5.74, 6) is -0.458. The van der Waals surface area contributed by atoms with E-state index in [4.69, 9.17) is 33.2 Å². The van der Waals surface area contributed by atoms with Gasteiger partial charge in [0.05, 0.1) is 18.7 Å². The number of amides is 2. The molecule has 4 bridgehead atoms. The lowest BCUT2D eigenvalue weighted by molar-refractivity contribution is -0.162. The van der Waals surface area contributed by atoms with E-state index in [2.05, 4.69) is 0 Å². The van der Waals surface area contributed by atoms with Gasteiger partial charge in [-0.15, -0.1) is 0 Å². The summed E-state index contributed by atoms with van der Waals surface area (Å²) in [5, 5.41) is 9.98. The molecule has 48 heavy (non-hydrogen) atoms. The van der Waals surface area contributed by atoms with Crippen molar-refractivity contribution in [2.45, 2.75) is 62.3 Å². The van der Waals surface area contributed by atoms with Crippen LogP contribution in [0, 0.1) is 0 Å². The fourth-order valence-corrected chi connectivity index (χ4v) is 6.30. The van der Waals surface area contributed by atoms with Crippen molar-refractivity contribution in [2.24, 2.45) is 0 Å². The number of rotatable bonds is 8. The number of morpholine rings is 2. The summed E-state index contributed by atoms with van der Waals surface area (Å²) in [7, 11) is 2.99. The van der Waals surface area contributed by atoms with Crippen molar-refractivity contribution in [3.8, 4) is 0 Å². The Bertz CT molecular complexity index is 1530. The first-order chi connectivity index (χ1) is 23.4. The van der Waals surface area contributed by atoms with Crippen LogP contribution >= 0.6 is 0 Å². The summed E-state index contributed by atoms with van der Waals surface area (Å²) in [4.78, 5) is 40.2. The van der Waals surface area contributed by atoms with E-state index < -0.39 is 67.2 Å². The number of likely N-dealkylation sites (tertiary alicyclic amines) is 2. The highest BCUT2D eigenvalue weighted by Gasteiger charge is 2.59. The Morgan fingerprint density at radius 3 is 1.67 bits per heavy atom. The number of nitrogens with zero attached hydrogens (tertiary/aromatic N) is 2. The molecule has 1 N–H and O–H groups in total. The third kappa shape index (κ3) is 7.15. The highest BCUT2D eigenvalue weighted by molar-refractivity contribution is 5.89. The van der Waals surface area contributed by atoms with Crippen LogP contribution in [0.15, 0.2) is 91.0 Å². The van der Waals surface area contributed by atoms with Crippen LogP contribution in [-0.2, 0) is 46.4 Å². The van der Waals surface area contributed by atoms with Crippen LogP contribution in [0.3, 0.4) is 0 Å². The quantitative estimate of drug-likeness (QED) is 0.280. The molecule has 0 unspecified atom stereocenters. The molecular weight excluding hydrogens is 624 g/mol. The van der Waals surface area contributed by atoms with Crippen molar-refractivity contribution in [1.82, 2.24) is 9.80 Å². The second-order valence-electron chi connectivity index (χ2n) is 11.7. The predicted octanol–water partition coefficient (Wildman–Crippen LogP) is 3.34. The lowest BCUT2D eigenvalue weighted by Crippen LogP contribution is -2.49. The number of hydrogen-bond donors (Lipinski definition) is 1. The van der Waals surface area contributed by atoms with Crippen LogP contribution in [0.25, 0.3) is 0 Å². The number of benzene rings is 3. The largest absolute Gasteiger partial charge is 0.454 e. The lowest BCUT2D eigenvalue weighted by atomic mass is 10.1. The predicted molar refractivity (Wildman–Crippen MR) is 167 cm³/mol. The third-order valence-electron chi connectivity index (χ3n) is 8.68. The van der Waals surface area contributed by atoms with Crippen LogP contribution in [0.5, 0.6) is 0 Å². The van der Waals surface area contributed by atoms with Gasteiger partial charge in [0.1, 0.15) is 43.6 Å². The number of carbonyl (C=O) groups is 3. The number of hydrogen-bond acceptors (Lipinski definition) is 11. The molecule has 3 aromatic carbocycles. The minimum absolute atomic E-state index is 0.167. The smallest absolute Gasteiger partial charge is 0.410 e. The highest BCUT2D eigenvalue weighted by Crippen LogP contribution is 2.37. The van der Waals surface area contributed by atoms with Gasteiger partial charge in [-0.3, -0.25) is 9.80 Å². The maximum Gasteiger partial charge on any atom is 0.410 e. The Morgan fingerprint density at radius 1 is 0.688 bits per heavy atom. The first kappa shape index (κ1) is 33.4.